The molecule has 1 saturated heterocycles. The predicted molar refractivity (Wildman–Crippen MR) is 133 cm³/mol. The van der Waals surface area contributed by atoms with Crippen LogP contribution in [0.3, 0.4) is 0 Å². The van der Waals surface area contributed by atoms with Crippen LogP contribution in [0.4, 0.5) is 8.78 Å². The lowest BCUT2D eigenvalue weighted by molar-refractivity contribution is -0.134. The molecule has 3 aromatic carbocycles. The van der Waals surface area contributed by atoms with Crippen molar-refractivity contribution in [3.8, 4) is 0 Å². The third kappa shape index (κ3) is 5.49. The second-order valence-corrected chi connectivity index (χ2v) is 9.44. The van der Waals surface area contributed by atoms with Crippen molar-refractivity contribution in [1.29, 1.82) is 0 Å². The molecule has 0 spiro atoms. The molecule has 4 nitrogen and oxygen atoms in total. The molecule has 2 aliphatic rings. The van der Waals surface area contributed by atoms with Crippen LogP contribution < -0.4 is 0 Å². The second-order valence-electron chi connectivity index (χ2n) is 9.44. The first-order chi connectivity index (χ1) is 17.1. The van der Waals surface area contributed by atoms with Crippen molar-refractivity contribution in [3.05, 3.63) is 107 Å². The number of likely N-dealkylation sites (tertiary alicyclic amines) is 1. The van der Waals surface area contributed by atoms with Gasteiger partial charge in [-0.05, 0) is 67.6 Å². The third-order valence-corrected chi connectivity index (χ3v) is 7.04. The summed E-state index contributed by atoms with van der Waals surface area (Å²) in [6.07, 6.45) is 3.54. The van der Waals surface area contributed by atoms with Gasteiger partial charge in [-0.15, -0.1) is 0 Å². The monoisotopic (exact) mass is 473 g/mol. The molecule has 6 heteroatoms. The highest BCUT2D eigenvalue weighted by molar-refractivity contribution is 6.03. The first kappa shape index (κ1) is 23.4. The number of hydrazone groups is 1. The quantitative estimate of drug-likeness (QED) is 0.467. The summed E-state index contributed by atoms with van der Waals surface area (Å²) >= 11 is 0. The molecule has 1 atom stereocenters. The molecule has 1 fully saturated rings. The van der Waals surface area contributed by atoms with Gasteiger partial charge in [0.25, 0.3) is 5.91 Å². The van der Waals surface area contributed by atoms with E-state index in [0.717, 1.165) is 37.9 Å². The summed E-state index contributed by atoms with van der Waals surface area (Å²) in [5.74, 6) is -0.212. The maximum atomic E-state index is 14.7. The van der Waals surface area contributed by atoms with E-state index in [-0.39, 0.29) is 24.1 Å². The topological polar surface area (TPSA) is 35.9 Å². The van der Waals surface area contributed by atoms with Crippen LogP contribution in [0.25, 0.3) is 0 Å². The Morgan fingerprint density at radius 3 is 2.29 bits per heavy atom. The van der Waals surface area contributed by atoms with Gasteiger partial charge in [-0.2, -0.15) is 5.10 Å². The van der Waals surface area contributed by atoms with Gasteiger partial charge in [0, 0.05) is 12.0 Å². The normalized spacial score (nSPS) is 19.1. The summed E-state index contributed by atoms with van der Waals surface area (Å²) in [5.41, 5.74) is 3.20. The van der Waals surface area contributed by atoms with Crippen LogP contribution in [-0.2, 0) is 11.2 Å². The van der Waals surface area contributed by atoms with E-state index in [1.54, 1.807) is 30.3 Å². The Bertz CT molecular complexity index is 1190. The molecule has 5 rings (SSSR count). The summed E-state index contributed by atoms with van der Waals surface area (Å²) in [6.45, 7) is 1.97. The fourth-order valence-electron chi connectivity index (χ4n) is 5.10. The van der Waals surface area contributed by atoms with Crippen LogP contribution in [-0.4, -0.2) is 41.2 Å². The number of piperidine rings is 1. The van der Waals surface area contributed by atoms with E-state index in [0.29, 0.717) is 23.6 Å². The number of carbonyl (C=O) groups excluding carboxylic acids is 1. The van der Waals surface area contributed by atoms with E-state index in [1.165, 1.54) is 28.8 Å². The van der Waals surface area contributed by atoms with Gasteiger partial charge in [0.15, 0.2) is 0 Å². The van der Waals surface area contributed by atoms with Crippen LogP contribution >= 0.6 is 0 Å². The van der Waals surface area contributed by atoms with Crippen LogP contribution in [0.1, 0.15) is 42.0 Å². The summed E-state index contributed by atoms with van der Waals surface area (Å²) < 4.78 is 28.1. The van der Waals surface area contributed by atoms with E-state index >= 15 is 0 Å². The van der Waals surface area contributed by atoms with Crippen molar-refractivity contribution in [3.63, 3.8) is 0 Å². The lowest BCUT2D eigenvalue weighted by Crippen LogP contribution is -2.42. The van der Waals surface area contributed by atoms with E-state index in [1.807, 2.05) is 6.07 Å². The standard InChI is InChI=1S/C29H29F2N3O/c30-24-12-10-23(11-13-24)27-19-28(25-8-4-5-9-26(25)31)34(32-27)29(35)20-33-16-14-22(15-17-33)18-21-6-2-1-3-7-21/h1-13,22,28H,14-20H2/t28-/m0/s1. The third-order valence-electron chi connectivity index (χ3n) is 7.04. The Hall–Kier alpha value is -3.38. The number of benzene rings is 3. The van der Waals surface area contributed by atoms with Gasteiger partial charge in [0.2, 0.25) is 0 Å². The van der Waals surface area contributed by atoms with Crippen LogP contribution in [0.5, 0.6) is 0 Å². The summed E-state index contributed by atoms with van der Waals surface area (Å²) in [6, 6.07) is 22.6. The Kier molecular flexibility index (Phi) is 7.00. The zero-order valence-corrected chi connectivity index (χ0v) is 19.6. The molecule has 0 saturated carbocycles. The van der Waals surface area contributed by atoms with E-state index in [2.05, 4.69) is 34.3 Å². The van der Waals surface area contributed by atoms with Crippen molar-refractivity contribution in [1.82, 2.24) is 9.91 Å². The minimum atomic E-state index is -0.514. The van der Waals surface area contributed by atoms with E-state index < -0.39 is 6.04 Å². The Morgan fingerprint density at radius 2 is 1.57 bits per heavy atom. The van der Waals surface area contributed by atoms with Crippen molar-refractivity contribution >= 4 is 11.6 Å². The molecule has 0 N–H and O–H groups in total. The molecule has 0 aliphatic carbocycles. The maximum absolute atomic E-state index is 14.7. The maximum Gasteiger partial charge on any atom is 0.257 e. The number of amides is 1. The van der Waals surface area contributed by atoms with Crippen molar-refractivity contribution < 1.29 is 13.6 Å². The van der Waals surface area contributed by atoms with Gasteiger partial charge in [0.1, 0.15) is 11.6 Å². The molecule has 0 aromatic heterocycles. The highest BCUT2D eigenvalue weighted by Crippen LogP contribution is 2.34. The fraction of sp³-hybridized carbons (Fsp3) is 0.310. The van der Waals surface area contributed by atoms with E-state index in [9.17, 15) is 13.6 Å². The molecular formula is C29H29F2N3O. The molecule has 1 amide bonds. The summed E-state index contributed by atoms with van der Waals surface area (Å²) in [4.78, 5) is 15.6. The molecule has 2 heterocycles. The minimum Gasteiger partial charge on any atom is -0.294 e. The first-order valence-electron chi connectivity index (χ1n) is 12.2. The van der Waals surface area contributed by atoms with Gasteiger partial charge in [-0.3, -0.25) is 9.69 Å². The second kappa shape index (κ2) is 10.5. The highest BCUT2D eigenvalue weighted by atomic mass is 19.1. The number of nitrogens with zero attached hydrogens (tertiary/aromatic N) is 3. The predicted octanol–water partition coefficient (Wildman–Crippen LogP) is 5.60. The van der Waals surface area contributed by atoms with Crippen molar-refractivity contribution in [2.24, 2.45) is 11.0 Å². The number of rotatable bonds is 6. The Balaban J connectivity index is 1.28. The van der Waals surface area contributed by atoms with Gasteiger partial charge < -0.3 is 0 Å². The molecule has 3 aromatic rings. The average Bonchev–Trinajstić information content (AvgIpc) is 3.32. The van der Waals surface area contributed by atoms with Gasteiger partial charge in [-0.1, -0.05) is 60.7 Å². The number of hydrogen-bond acceptors (Lipinski definition) is 3. The smallest absolute Gasteiger partial charge is 0.257 e. The van der Waals surface area contributed by atoms with Crippen LogP contribution in [0.2, 0.25) is 0 Å². The average molecular weight is 474 g/mol. The highest BCUT2D eigenvalue weighted by Gasteiger charge is 2.35. The van der Waals surface area contributed by atoms with Crippen LogP contribution in [0.15, 0.2) is 84.0 Å². The number of hydrogen-bond donors (Lipinski definition) is 0. The lowest BCUT2D eigenvalue weighted by atomic mass is 9.90. The summed E-state index contributed by atoms with van der Waals surface area (Å²) in [7, 11) is 0. The fourth-order valence-corrected chi connectivity index (χ4v) is 5.10. The first-order valence-corrected chi connectivity index (χ1v) is 12.2. The van der Waals surface area contributed by atoms with Gasteiger partial charge >= 0.3 is 0 Å². The minimum absolute atomic E-state index is 0.142. The van der Waals surface area contributed by atoms with Gasteiger partial charge in [0.05, 0.1) is 18.3 Å². The number of carbonyl (C=O) groups is 1. The molecule has 0 radical (unpaired) electrons. The summed E-state index contributed by atoms with van der Waals surface area (Å²) in [5, 5.41) is 6.05. The SMILES string of the molecule is O=C(CN1CCC(Cc2ccccc2)CC1)N1N=C(c2ccc(F)cc2)C[C@H]1c1ccccc1F. The van der Waals surface area contributed by atoms with E-state index in [4.69, 9.17) is 0 Å². The molecule has 2 aliphatic heterocycles. The molecular weight excluding hydrogens is 444 g/mol. The van der Waals surface area contributed by atoms with Gasteiger partial charge in [-0.25, -0.2) is 13.8 Å². The van der Waals surface area contributed by atoms with Crippen LogP contribution in [0, 0.1) is 17.6 Å². The Morgan fingerprint density at radius 1 is 0.886 bits per heavy atom. The van der Waals surface area contributed by atoms with Crippen molar-refractivity contribution in [2.45, 2.75) is 31.7 Å². The number of halogens is 2. The lowest BCUT2D eigenvalue weighted by Gasteiger charge is -2.33. The molecule has 35 heavy (non-hydrogen) atoms. The van der Waals surface area contributed by atoms with Crippen molar-refractivity contribution in [2.75, 3.05) is 19.6 Å². The zero-order chi connectivity index (χ0) is 24.2. The largest absolute Gasteiger partial charge is 0.294 e. The Labute approximate surface area is 204 Å². The molecule has 0 unspecified atom stereocenters. The molecule has 180 valence electrons. The zero-order valence-electron chi connectivity index (χ0n) is 19.6. The molecule has 0 bridgehead atoms.